The fraction of sp³-hybridized carbons (Fsp3) is 0.308. The number of carbonyl (C=O) groups excluding carboxylic acids is 1. The van der Waals surface area contributed by atoms with E-state index in [0.29, 0.717) is 6.54 Å². The molecule has 106 valence electrons. The molecule has 1 aliphatic rings. The van der Waals surface area contributed by atoms with Crippen LogP contribution in [-0.2, 0) is 0 Å². The summed E-state index contributed by atoms with van der Waals surface area (Å²) >= 11 is 0. The van der Waals surface area contributed by atoms with Gasteiger partial charge < -0.3 is 16.4 Å². The smallest absolute Gasteiger partial charge is 0.292 e. The molecule has 2 rings (SSSR count). The van der Waals surface area contributed by atoms with Crippen molar-refractivity contribution in [1.29, 1.82) is 0 Å². The molecule has 1 amide bonds. The van der Waals surface area contributed by atoms with Crippen LogP contribution in [0.4, 0.5) is 11.4 Å². The Morgan fingerprint density at radius 1 is 1.50 bits per heavy atom. The predicted molar refractivity (Wildman–Crippen MR) is 75.4 cm³/mol. The van der Waals surface area contributed by atoms with Gasteiger partial charge in [-0.25, -0.2) is 0 Å². The van der Waals surface area contributed by atoms with Crippen LogP contribution in [0.25, 0.3) is 0 Å². The Hall–Kier alpha value is -2.41. The van der Waals surface area contributed by atoms with Crippen molar-refractivity contribution in [2.45, 2.75) is 6.42 Å². The van der Waals surface area contributed by atoms with Gasteiger partial charge in [0.2, 0.25) is 0 Å². The van der Waals surface area contributed by atoms with Gasteiger partial charge in [0.15, 0.2) is 0 Å². The lowest BCUT2D eigenvalue weighted by atomic mass is 10.1. The van der Waals surface area contributed by atoms with Crippen molar-refractivity contribution in [1.82, 2.24) is 10.6 Å². The van der Waals surface area contributed by atoms with E-state index in [9.17, 15) is 14.9 Å². The van der Waals surface area contributed by atoms with Crippen LogP contribution >= 0.6 is 0 Å². The van der Waals surface area contributed by atoms with E-state index in [1.54, 1.807) is 0 Å². The van der Waals surface area contributed by atoms with E-state index in [0.717, 1.165) is 25.1 Å². The Balaban J connectivity index is 2.03. The van der Waals surface area contributed by atoms with E-state index in [4.69, 9.17) is 5.73 Å². The van der Waals surface area contributed by atoms with Crippen LogP contribution in [0.15, 0.2) is 29.8 Å². The maximum Gasteiger partial charge on any atom is 0.292 e. The van der Waals surface area contributed by atoms with E-state index >= 15 is 0 Å². The second kappa shape index (κ2) is 6.16. The summed E-state index contributed by atoms with van der Waals surface area (Å²) in [4.78, 5) is 22.1. The number of nitrogen functional groups attached to an aromatic ring is 1. The largest absolute Gasteiger partial charge is 0.393 e. The SMILES string of the molecule is Nc1ccc(C(=O)NCC2=CCNCC2)cc1[N+](=O)[O-]. The van der Waals surface area contributed by atoms with Gasteiger partial charge in [-0.05, 0) is 25.1 Å². The number of amides is 1. The standard InChI is InChI=1S/C13H16N4O3/c14-11-2-1-10(7-12(11)17(19)20)13(18)16-8-9-3-5-15-6-4-9/h1-3,7,15H,4-6,8,14H2,(H,16,18). The minimum atomic E-state index is -0.596. The first-order valence-corrected chi connectivity index (χ1v) is 6.28. The number of hydrogen-bond donors (Lipinski definition) is 3. The molecular formula is C13H16N4O3. The second-order valence-electron chi connectivity index (χ2n) is 4.53. The number of nitro benzene ring substituents is 1. The van der Waals surface area contributed by atoms with Crippen LogP contribution < -0.4 is 16.4 Å². The van der Waals surface area contributed by atoms with Gasteiger partial charge >= 0.3 is 0 Å². The summed E-state index contributed by atoms with van der Waals surface area (Å²) in [6.07, 6.45) is 2.93. The zero-order chi connectivity index (χ0) is 14.5. The van der Waals surface area contributed by atoms with Gasteiger partial charge in [0.1, 0.15) is 5.69 Å². The lowest BCUT2D eigenvalue weighted by Crippen LogP contribution is -2.29. The van der Waals surface area contributed by atoms with E-state index < -0.39 is 4.92 Å². The van der Waals surface area contributed by atoms with Crippen LogP contribution in [0, 0.1) is 10.1 Å². The molecule has 1 aromatic rings. The molecule has 0 aliphatic carbocycles. The Labute approximate surface area is 116 Å². The van der Waals surface area contributed by atoms with Gasteiger partial charge in [-0.1, -0.05) is 11.6 Å². The van der Waals surface area contributed by atoms with Crippen molar-refractivity contribution in [2.24, 2.45) is 0 Å². The minimum absolute atomic E-state index is 0.0487. The Morgan fingerprint density at radius 2 is 2.30 bits per heavy atom. The molecule has 0 radical (unpaired) electrons. The van der Waals surface area contributed by atoms with Crippen molar-refractivity contribution >= 4 is 17.3 Å². The lowest BCUT2D eigenvalue weighted by Gasteiger charge is -2.14. The third-order valence-corrected chi connectivity index (χ3v) is 3.12. The zero-order valence-corrected chi connectivity index (χ0v) is 10.9. The molecule has 0 spiro atoms. The molecule has 0 bridgehead atoms. The third kappa shape index (κ3) is 3.33. The monoisotopic (exact) mass is 276 g/mol. The second-order valence-corrected chi connectivity index (χ2v) is 4.53. The Bertz CT molecular complexity index is 569. The zero-order valence-electron chi connectivity index (χ0n) is 10.9. The number of hydrogen-bond acceptors (Lipinski definition) is 5. The first kappa shape index (κ1) is 14.0. The molecule has 1 aliphatic heterocycles. The normalized spacial score (nSPS) is 14.5. The fourth-order valence-corrected chi connectivity index (χ4v) is 1.97. The first-order chi connectivity index (χ1) is 9.58. The van der Waals surface area contributed by atoms with Crippen LogP contribution in [0.1, 0.15) is 16.8 Å². The molecule has 0 fully saturated rings. The number of rotatable bonds is 4. The number of benzene rings is 1. The van der Waals surface area contributed by atoms with Gasteiger partial charge in [-0.15, -0.1) is 0 Å². The third-order valence-electron chi connectivity index (χ3n) is 3.12. The quantitative estimate of drug-likeness (QED) is 0.326. The van der Waals surface area contributed by atoms with Gasteiger partial charge in [0.25, 0.3) is 11.6 Å². The molecule has 4 N–H and O–H groups in total. The average Bonchev–Trinajstić information content (AvgIpc) is 2.46. The van der Waals surface area contributed by atoms with Crippen LogP contribution in [0.5, 0.6) is 0 Å². The summed E-state index contributed by atoms with van der Waals surface area (Å²) < 4.78 is 0. The first-order valence-electron chi connectivity index (χ1n) is 6.28. The van der Waals surface area contributed by atoms with Crippen LogP contribution in [0.3, 0.4) is 0 Å². The van der Waals surface area contributed by atoms with Crippen LogP contribution in [-0.4, -0.2) is 30.5 Å². The summed E-state index contributed by atoms with van der Waals surface area (Å²) in [7, 11) is 0. The maximum atomic E-state index is 12.0. The van der Waals surface area contributed by atoms with Crippen molar-refractivity contribution < 1.29 is 9.72 Å². The number of nitrogens with zero attached hydrogens (tertiary/aromatic N) is 1. The van der Waals surface area contributed by atoms with Crippen molar-refractivity contribution in [3.63, 3.8) is 0 Å². The highest BCUT2D eigenvalue weighted by Gasteiger charge is 2.15. The van der Waals surface area contributed by atoms with Crippen LogP contribution in [0.2, 0.25) is 0 Å². The molecule has 1 heterocycles. The highest BCUT2D eigenvalue weighted by molar-refractivity contribution is 5.95. The number of anilines is 1. The van der Waals surface area contributed by atoms with Gasteiger partial charge in [-0.3, -0.25) is 14.9 Å². The average molecular weight is 276 g/mol. The summed E-state index contributed by atoms with van der Waals surface area (Å²) in [6.45, 7) is 2.16. The lowest BCUT2D eigenvalue weighted by molar-refractivity contribution is -0.383. The maximum absolute atomic E-state index is 12.0. The highest BCUT2D eigenvalue weighted by atomic mass is 16.6. The molecule has 20 heavy (non-hydrogen) atoms. The van der Waals surface area contributed by atoms with E-state index in [2.05, 4.69) is 10.6 Å². The summed E-state index contributed by atoms with van der Waals surface area (Å²) in [5.74, 6) is -0.340. The molecule has 7 heteroatoms. The molecule has 0 aromatic heterocycles. The van der Waals surface area contributed by atoms with E-state index in [1.165, 1.54) is 18.2 Å². The number of nitro groups is 1. The Kier molecular flexibility index (Phi) is 4.31. The molecular weight excluding hydrogens is 260 g/mol. The fourth-order valence-electron chi connectivity index (χ4n) is 1.97. The Morgan fingerprint density at radius 3 is 2.95 bits per heavy atom. The molecule has 0 saturated carbocycles. The summed E-state index contributed by atoms with van der Waals surface area (Å²) in [5.41, 5.74) is 6.68. The van der Waals surface area contributed by atoms with Gasteiger partial charge in [0.05, 0.1) is 4.92 Å². The number of nitrogens with one attached hydrogen (secondary N) is 2. The van der Waals surface area contributed by atoms with Crippen molar-refractivity contribution in [3.05, 3.63) is 45.5 Å². The molecule has 0 atom stereocenters. The molecule has 0 saturated heterocycles. The molecule has 0 unspecified atom stereocenters. The molecule has 7 nitrogen and oxygen atoms in total. The van der Waals surface area contributed by atoms with Gasteiger partial charge in [0, 0.05) is 24.7 Å². The number of nitrogens with two attached hydrogens (primary N) is 1. The summed E-state index contributed by atoms with van der Waals surface area (Å²) in [5, 5.41) is 16.7. The molecule has 1 aromatic carbocycles. The predicted octanol–water partition coefficient (Wildman–Crippen LogP) is 0.826. The van der Waals surface area contributed by atoms with Crippen molar-refractivity contribution in [2.75, 3.05) is 25.4 Å². The van der Waals surface area contributed by atoms with E-state index in [-0.39, 0.29) is 22.8 Å². The van der Waals surface area contributed by atoms with E-state index in [1.807, 2.05) is 6.08 Å². The highest BCUT2D eigenvalue weighted by Crippen LogP contribution is 2.22. The van der Waals surface area contributed by atoms with Gasteiger partial charge in [-0.2, -0.15) is 0 Å². The summed E-state index contributed by atoms with van der Waals surface area (Å²) in [6, 6.07) is 4.05. The minimum Gasteiger partial charge on any atom is -0.393 e. The topological polar surface area (TPSA) is 110 Å². The van der Waals surface area contributed by atoms with Crippen molar-refractivity contribution in [3.8, 4) is 0 Å². The number of carbonyl (C=O) groups is 1.